The van der Waals surface area contributed by atoms with Gasteiger partial charge in [-0.15, -0.1) is 0 Å². The molecule has 0 unspecified atom stereocenters. The molecular formula is C18H21N5O. The second-order valence-electron chi connectivity index (χ2n) is 5.54. The molecule has 0 spiro atoms. The minimum absolute atomic E-state index is 0.124. The lowest BCUT2D eigenvalue weighted by molar-refractivity contribution is 0.304. The Labute approximate surface area is 141 Å². The number of anilines is 2. The molecule has 0 atom stereocenters. The van der Waals surface area contributed by atoms with Crippen molar-refractivity contribution < 1.29 is 5.11 Å². The number of hydrogen-bond acceptors (Lipinski definition) is 5. The highest BCUT2D eigenvalue weighted by Crippen LogP contribution is 2.21. The average molecular weight is 323 g/mol. The van der Waals surface area contributed by atoms with Crippen LogP contribution in [0, 0.1) is 0 Å². The molecule has 0 fully saturated rings. The van der Waals surface area contributed by atoms with E-state index in [0.717, 1.165) is 28.3 Å². The van der Waals surface area contributed by atoms with Gasteiger partial charge in [-0.05, 0) is 17.7 Å². The van der Waals surface area contributed by atoms with Gasteiger partial charge in [0.2, 0.25) is 0 Å². The number of pyridine rings is 1. The molecule has 3 rings (SSSR count). The molecular weight excluding hydrogens is 302 g/mol. The molecule has 0 radical (unpaired) electrons. The lowest BCUT2D eigenvalue weighted by atomic mass is 10.1. The van der Waals surface area contributed by atoms with Crippen LogP contribution >= 0.6 is 0 Å². The lowest BCUT2D eigenvalue weighted by Gasteiger charge is -2.17. The number of rotatable bonds is 7. The first kappa shape index (κ1) is 16.0. The molecule has 6 heteroatoms. The summed E-state index contributed by atoms with van der Waals surface area (Å²) in [5, 5.41) is 19.5. The van der Waals surface area contributed by atoms with Gasteiger partial charge in [0.25, 0.3) is 0 Å². The number of likely N-dealkylation sites (N-methyl/N-ethyl adjacent to an activating group) is 1. The number of aromatic amines is 1. The van der Waals surface area contributed by atoms with E-state index in [0.29, 0.717) is 13.1 Å². The van der Waals surface area contributed by atoms with E-state index in [2.05, 4.69) is 32.6 Å². The molecule has 0 bridgehead atoms. The second kappa shape index (κ2) is 7.61. The number of aromatic nitrogens is 3. The number of hydrogen-bond donors (Lipinski definition) is 3. The third-order valence-electron chi connectivity index (χ3n) is 3.86. The molecule has 3 aromatic rings. The van der Waals surface area contributed by atoms with Crippen molar-refractivity contribution in [2.24, 2.45) is 0 Å². The molecule has 3 N–H and O–H groups in total. The van der Waals surface area contributed by atoms with Crippen LogP contribution in [-0.4, -0.2) is 40.5 Å². The topological polar surface area (TPSA) is 77.1 Å². The fourth-order valence-corrected chi connectivity index (χ4v) is 2.48. The summed E-state index contributed by atoms with van der Waals surface area (Å²) in [5.41, 5.74) is 4.19. The molecule has 1 aromatic carbocycles. The fourth-order valence-electron chi connectivity index (χ4n) is 2.48. The smallest absolute Gasteiger partial charge is 0.126 e. The highest BCUT2D eigenvalue weighted by molar-refractivity contribution is 5.63. The Bertz CT molecular complexity index is 755. The number of aliphatic hydroxyl groups excluding tert-OH is 1. The van der Waals surface area contributed by atoms with Crippen LogP contribution in [0.5, 0.6) is 0 Å². The summed E-state index contributed by atoms with van der Waals surface area (Å²) in [7, 11) is 1.93. The van der Waals surface area contributed by atoms with Crippen molar-refractivity contribution in [2.75, 3.05) is 30.4 Å². The zero-order chi connectivity index (χ0) is 16.8. The minimum atomic E-state index is 0.124. The van der Waals surface area contributed by atoms with Crippen molar-refractivity contribution in [1.29, 1.82) is 0 Å². The number of H-pyrrole nitrogens is 1. The van der Waals surface area contributed by atoms with E-state index in [1.807, 2.05) is 48.5 Å². The van der Waals surface area contributed by atoms with Crippen LogP contribution in [0.15, 0.2) is 54.9 Å². The Kier molecular flexibility index (Phi) is 5.08. The first-order chi connectivity index (χ1) is 11.8. The van der Waals surface area contributed by atoms with Gasteiger partial charge in [-0.25, -0.2) is 4.98 Å². The van der Waals surface area contributed by atoms with E-state index in [4.69, 9.17) is 5.11 Å². The van der Waals surface area contributed by atoms with Crippen molar-refractivity contribution in [3.8, 4) is 11.3 Å². The lowest BCUT2D eigenvalue weighted by Crippen LogP contribution is -2.21. The van der Waals surface area contributed by atoms with Gasteiger partial charge in [0.15, 0.2) is 0 Å². The minimum Gasteiger partial charge on any atom is -0.395 e. The molecule has 0 saturated heterocycles. The maximum Gasteiger partial charge on any atom is 0.126 e. The van der Waals surface area contributed by atoms with Gasteiger partial charge in [0.1, 0.15) is 5.82 Å². The summed E-state index contributed by atoms with van der Waals surface area (Å²) in [6.07, 6.45) is 3.63. The molecule has 6 nitrogen and oxygen atoms in total. The van der Waals surface area contributed by atoms with Gasteiger partial charge < -0.3 is 15.3 Å². The quantitative estimate of drug-likeness (QED) is 0.623. The largest absolute Gasteiger partial charge is 0.395 e. The van der Waals surface area contributed by atoms with E-state index in [1.54, 1.807) is 6.20 Å². The van der Waals surface area contributed by atoms with Gasteiger partial charge in [-0.2, -0.15) is 5.10 Å². The van der Waals surface area contributed by atoms with Crippen LogP contribution in [0.2, 0.25) is 0 Å². The van der Waals surface area contributed by atoms with Gasteiger partial charge in [0.05, 0.1) is 30.4 Å². The molecule has 24 heavy (non-hydrogen) atoms. The number of nitrogens with zero attached hydrogens (tertiary/aromatic N) is 3. The van der Waals surface area contributed by atoms with Crippen molar-refractivity contribution in [3.63, 3.8) is 0 Å². The van der Waals surface area contributed by atoms with Crippen LogP contribution < -0.4 is 10.2 Å². The van der Waals surface area contributed by atoms with Gasteiger partial charge in [-0.3, -0.25) is 5.10 Å². The summed E-state index contributed by atoms with van der Waals surface area (Å²) in [6.45, 7) is 1.35. The molecule has 2 aromatic heterocycles. The molecule has 124 valence electrons. The molecule has 2 heterocycles. The highest BCUT2D eigenvalue weighted by Gasteiger charge is 2.07. The summed E-state index contributed by atoms with van der Waals surface area (Å²) >= 11 is 0. The predicted octanol–water partition coefficient (Wildman–Crippen LogP) is 2.51. The van der Waals surface area contributed by atoms with Crippen molar-refractivity contribution in [3.05, 3.63) is 60.4 Å². The summed E-state index contributed by atoms with van der Waals surface area (Å²) in [4.78, 5) is 6.38. The summed E-state index contributed by atoms with van der Waals surface area (Å²) in [6, 6.07) is 14.1. The molecule has 0 aliphatic carbocycles. The first-order valence-corrected chi connectivity index (χ1v) is 7.87. The van der Waals surface area contributed by atoms with Gasteiger partial charge >= 0.3 is 0 Å². The van der Waals surface area contributed by atoms with E-state index in [9.17, 15) is 0 Å². The zero-order valence-corrected chi connectivity index (χ0v) is 13.6. The Morgan fingerprint density at radius 1 is 1.12 bits per heavy atom. The molecule has 0 aliphatic heterocycles. The first-order valence-electron chi connectivity index (χ1n) is 7.87. The second-order valence-corrected chi connectivity index (χ2v) is 5.54. The standard InChI is InChI=1S/C18H21N5O/c1-23(9-10-24)16-7-8-17(20-13-16)19-11-15-12-21-22-18(15)14-5-3-2-4-6-14/h2-8,12-13,24H,9-11H2,1H3,(H,19,20)(H,21,22). The Balaban J connectivity index is 1.66. The number of benzene rings is 1. The third-order valence-corrected chi connectivity index (χ3v) is 3.86. The van der Waals surface area contributed by atoms with Crippen molar-refractivity contribution in [1.82, 2.24) is 15.2 Å². The molecule has 0 aliphatic rings. The van der Waals surface area contributed by atoms with Crippen molar-refractivity contribution >= 4 is 11.5 Å². The summed E-state index contributed by atoms with van der Waals surface area (Å²) in [5.74, 6) is 0.802. The highest BCUT2D eigenvalue weighted by atomic mass is 16.3. The van der Waals surface area contributed by atoms with E-state index in [-0.39, 0.29) is 6.61 Å². The third kappa shape index (κ3) is 3.72. The van der Waals surface area contributed by atoms with Gasteiger partial charge in [0, 0.05) is 25.7 Å². The Hall–Kier alpha value is -2.86. The number of aliphatic hydroxyl groups is 1. The van der Waals surface area contributed by atoms with Crippen LogP contribution in [0.25, 0.3) is 11.3 Å². The maximum absolute atomic E-state index is 8.98. The zero-order valence-electron chi connectivity index (χ0n) is 13.6. The van der Waals surface area contributed by atoms with E-state index < -0.39 is 0 Å². The van der Waals surface area contributed by atoms with Crippen LogP contribution in [0.3, 0.4) is 0 Å². The van der Waals surface area contributed by atoms with Crippen LogP contribution in [0.1, 0.15) is 5.56 Å². The fraction of sp³-hybridized carbons (Fsp3) is 0.222. The monoisotopic (exact) mass is 323 g/mol. The maximum atomic E-state index is 8.98. The predicted molar refractivity (Wildman–Crippen MR) is 95.9 cm³/mol. The Morgan fingerprint density at radius 2 is 1.96 bits per heavy atom. The summed E-state index contributed by atoms with van der Waals surface area (Å²) < 4.78 is 0. The average Bonchev–Trinajstić information content (AvgIpc) is 3.10. The Morgan fingerprint density at radius 3 is 2.67 bits per heavy atom. The van der Waals surface area contributed by atoms with Crippen LogP contribution in [-0.2, 0) is 6.54 Å². The molecule has 0 saturated carbocycles. The van der Waals surface area contributed by atoms with Crippen LogP contribution in [0.4, 0.5) is 11.5 Å². The van der Waals surface area contributed by atoms with E-state index >= 15 is 0 Å². The normalized spacial score (nSPS) is 10.6. The SMILES string of the molecule is CN(CCO)c1ccc(NCc2cn[nH]c2-c2ccccc2)nc1. The van der Waals surface area contributed by atoms with E-state index in [1.165, 1.54) is 0 Å². The van der Waals surface area contributed by atoms with Crippen molar-refractivity contribution in [2.45, 2.75) is 6.54 Å². The van der Waals surface area contributed by atoms with Gasteiger partial charge in [-0.1, -0.05) is 30.3 Å². The molecule has 0 amide bonds. The number of nitrogens with one attached hydrogen (secondary N) is 2.